The molecule has 4 unspecified atom stereocenters. The summed E-state index contributed by atoms with van der Waals surface area (Å²) in [6.45, 7) is 0.445. The van der Waals surface area contributed by atoms with E-state index >= 15 is 0 Å². The van der Waals surface area contributed by atoms with Crippen LogP contribution < -0.4 is 14.2 Å². The molecule has 4 aliphatic heterocycles. The average molecular weight is 474 g/mol. The molecule has 1 spiro atoms. The van der Waals surface area contributed by atoms with Crippen molar-refractivity contribution < 1.29 is 38.3 Å². The zero-order valence-corrected chi connectivity index (χ0v) is 18.8. The first-order valence-electron chi connectivity index (χ1n) is 11.5. The number of fused-ring (bicyclic) bond motifs is 7. The number of hydrogen-bond donors (Lipinski definition) is 1. The number of hydrogen-bond acceptors (Lipinski definition) is 8. The number of aliphatic hydroxyl groups is 1. The summed E-state index contributed by atoms with van der Waals surface area (Å²) in [6.07, 6.45) is -1.41. The Morgan fingerprint density at radius 2 is 1.71 bits per heavy atom. The molecule has 35 heavy (non-hydrogen) atoms. The van der Waals surface area contributed by atoms with Crippen LogP contribution in [0, 0.1) is 0 Å². The largest absolute Gasteiger partial charge is 0.497 e. The van der Waals surface area contributed by atoms with Crippen molar-refractivity contribution in [2.24, 2.45) is 0 Å². The Morgan fingerprint density at radius 3 is 2.43 bits per heavy atom. The van der Waals surface area contributed by atoms with Gasteiger partial charge in [-0.05, 0) is 30.3 Å². The van der Waals surface area contributed by atoms with Crippen LogP contribution in [0.25, 0.3) is 0 Å². The zero-order chi connectivity index (χ0) is 23.7. The Kier molecular flexibility index (Phi) is 4.42. The van der Waals surface area contributed by atoms with Crippen LogP contribution in [-0.2, 0) is 19.8 Å². The second-order valence-electron chi connectivity index (χ2n) is 9.06. The van der Waals surface area contributed by atoms with Crippen LogP contribution in [-0.4, -0.2) is 49.4 Å². The quantitative estimate of drug-likeness (QED) is 0.577. The van der Waals surface area contributed by atoms with Gasteiger partial charge in [0, 0.05) is 35.2 Å². The van der Waals surface area contributed by atoms with Crippen molar-refractivity contribution in [3.05, 3.63) is 82.9 Å². The first-order valence-corrected chi connectivity index (χ1v) is 11.5. The number of carbonyl (C=O) groups is 1. The average Bonchev–Trinajstić information content (AvgIpc) is 3.13. The first-order chi connectivity index (χ1) is 17.1. The van der Waals surface area contributed by atoms with E-state index < -0.39 is 24.0 Å². The smallest absolute Gasteiger partial charge is 0.340 e. The highest BCUT2D eigenvalue weighted by molar-refractivity contribution is 5.97. The molecule has 0 aromatic heterocycles. The fourth-order valence-electron chi connectivity index (χ4n) is 5.41. The van der Waals surface area contributed by atoms with E-state index in [0.717, 1.165) is 5.56 Å². The summed E-state index contributed by atoms with van der Waals surface area (Å²) in [5, 5.41) is 10.3. The third kappa shape index (κ3) is 2.94. The maximum atomic E-state index is 12.9. The molecule has 1 N–H and O–H groups in total. The first kappa shape index (κ1) is 20.8. The van der Waals surface area contributed by atoms with Gasteiger partial charge >= 0.3 is 5.97 Å². The molecule has 3 aromatic rings. The number of rotatable bonds is 3. The standard InChI is InChI=1S/C27H22O8/c1-30-14-6-8-18-21(10-14)33-22-11-15(32-24-12-20(28)25-23(34-24)13-31-25)7-9-19(22)27(18)17-5-3-2-4-16(17)26(29)35-27/h2-11,20,23-25,28H,12-13H2,1H3/t20?,23?,24-,25?,27?/m1/s1. The Labute approximate surface area is 200 Å². The van der Waals surface area contributed by atoms with Crippen LogP contribution in [0.4, 0.5) is 0 Å². The maximum Gasteiger partial charge on any atom is 0.340 e. The minimum Gasteiger partial charge on any atom is -0.497 e. The van der Waals surface area contributed by atoms with E-state index in [1.54, 1.807) is 31.4 Å². The minimum absolute atomic E-state index is 0.172. The highest BCUT2D eigenvalue weighted by atomic mass is 16.7. The monoisotopic (exact) mass is 474 g/mol. The van der Waals surface area contributed by atoms with Crippen LogP contribution in [0.1, 0.15) is 33.5 Å². The molecule has 0 amide bonds. The van der Waals surface area contributed by atoms with Gasteiger partial charge in [-0.3, -0.25) is 0 Å². The normalized spacial score (nSPS) is 29.6. The molecule has 0 saturated carbocycles. The molecule has 4 aliphatic rings. The van der Waals surface area contributed by atoms with Gasteiger partial charge in [0.15, 0.2) is 5.60 Å². The van der Waals surface area contributed by atoms with Crippen LogP contribution in [0.2, 0.25) is 0 Å². The molecule has 0 radical (unpaired) electrons. The van der Waals surface area contributed by atoms with E-state index in [4.69, 9.17) is 28.4 Å². The summed E-state index contributed by atoms with van der Waals surface area (Å²) in [5.74, 6) is 1.76. The SMILES string of the molecule is COc1ccc2c(c1)Oc1cc(O[C@H]3CC(O)C4OCC4O3)ccc1C21OC(=O)c2ccccc21. The Balaban J connectivity index is 1.32. The fraction of sp³-hybridized carbons (Fsp3) is 0.296. The van der Waals surface area contributed by atoms with Gasteiger partial charge in [0.1, 0.15) is 35.2 Å². The van der Waals surface area contributed by atoms with Crippen molar-refractivity contribution in [1.29, 1.82) is 0 Å². The third-order valence-electron chi connectivity index (χ3n) is 7.12. The molecule has 2 saturated heterocycles. The molecule has 7 rings (SSSR count). The van der Waals surface area contributed by atoms with Crippen LogP contribution in [0.3, 0.4) is 0 Å². The van der Waals surface area contributed by atoms with E-state index in [1.807, 2.05) is 36.4 Å². The molecule has 0 bridgehead atoms. The second-order valence-corrected chi connectivity index (χ2v) is 9.06. The molecule has 0 aliphatic carbocycles. The van der Waals surface area contributed by atoms with Gasteiger partial charge in [0.2, 0.25) is 6.29 Å². The number of esters is 1. The third-order valence-corrected chi connectivity index (χ3v) is 7.12. The van der Waals surface area contributed by atoms with Crippen molar-refractivity contribution >= 4 is 5.97 Å². The molecule has 2 fully saturated rings. The molecule has 178 valence electrons. The van der Waals surface area contributed by atoms with E-state index in [1.165, 1.54) is 0 Å². The Hall–Kier alpha value is -3.59. The molecular weight excluding hydrogens is 452 g/mol. The van der Waals surface area contributed by atoms with Crippen molar-refractivity contribution in [2.45, 2.75) is 36.6 Å². The lowest BCUT2D eigenvalue weighted by Crippen LogP contribution is -2.60. The summed E-state index contributed by atoms with van der Waals surface area (Å²) >= 11 is 0. The fourth-order valence-corrected chi connectivity index (χ4v) is 5.41. The summed E-state index contributed by atoms with van der Waals surface area (Å²) in [5.41, 5.74) is 1.52. The summed E-state index contributed by atoms with van der Waals surface area (Å²) in [4.78, 5) is 12.9. The Morgan fingerprint density at radius 1 is 0.971 bits per heavy atom. The number of methoxy groups -OCH3 is 1. The number of benzene rings is 3. The minimum atomic E-state index is -1.16. The maximum absolute atomic E-state index is 12.9. The molecule has 5 atom stereocenters. The molecule has 4 heterocycles. The lowest BCUT2D eigenvalue weighted by molar-refractivity contribution is -0.301. The molecule has 8 heteroatoms. The second kappa shape index (κ2) is 7.45. The van der Waals surface area contributed by atoms with Gasteiger partial charge in [-0.15, -0.1) is 0 Å². The van der Waals surface area contributed by atoms with Crippen LogP contribution in [0.5, 0.6) is 23.0 Å². The van der Waals surface area contributed by atoms with E-state index in [0.29, 0.717) is 52.7 Å². The van der Waals surface area contributed by atoms with Crippen LogP contribution >= 0.6 is 0 Å². The lowest BCUT2D eigenvalue weighted by atomic mass is 9.77. The topological polar surface area (TPSA) is 92.7 Å². The van der Waals surface area contributed by atoms with E-state index in [9.17, 15) is 9.90 Å². The van der Waals surface area contributed by atoms with Gasteiger partial charge in [0.05, 0.1) is 25.4 Å². The van der Waals surface area contributed by atoms with Crippen LogP contribution in [0.15, 0.2) is 60.7 Å². The van der Waals surface area contributed by atoms with Gasteiger partial charge < -0.3 is 33.5 Å². The highest BCUT2D eigenvalue weighted by Crippen LogP contribution is 2.57. The van der Waals surface area contributed by atoms with Gasteiger partial charge in [-0.25, -0.2) is 4.79 Å². The van der Waals surface area contributed by atoms with E-state index in [-0.39, 0.29) is 12.2 Å². The Bertz CT molecular complexity index is 1340. The summed E-state index contributed by atoms with van der Waals surface area (Å²) in [7, 11) is 1.58. The summed E-state index contributed by atoms with van der Waals surface area (Å²) < 4.78 is 35.2. The zero-order valence-electron chi connectivity index (χ0n) is 18.8. The summed E-state index contributed by atoms with van der Waals surface area (Å²) in [6, 6.07) is 18.3. The molecular formula is C27H22O8. The lowest BCUT2D eigenvalue weighted by Gasteiger charge is -2.45. The van der Waals surface area contributed by atoms with E-state index in [2.05, 4.69) is 0 Å². The molecule has 3 aromatic carbocycles. The van der Waals surface area contributed by atoms with Gasteiger partial charge in [-0.2, -0.15) is 0 Å². The van der Waals surface area contributed by atoms with Gasteiger partial charge in [-0.1, -0.05) is 18.2 Å². The number of ether oxygens (including phenoxy) is 6. The van der Waals surface area contributed by atoms with Crippen molar-refractivity contribution in [1.82, 2.24) is 0 Å². The molecule has 8 nitrogen and oxygen atoms in total. The van der Waals surface area contributed by atoms with Crippen molar-refractivity contribution in [3.63, 3.8) is 0 Å². The van der Waals surface area contributed by atoms with Gasteiger partial charge in [0.25, 0.3) is 0 Å². The number of carbonyl (C=O) groups excluding carboxylic acids is 1. The number of aliphatic hydroxyl groups excluding tert-OH is 1. The van der Waals surface area contributed by atoms with Crippen molar-refractivity contribution in [2.75, 3.05) is 13.7 Å². The highest BCUT2D eigenvalue weighted by Gasteiger charge is 2.53. The van der Waals surface area contributed by atoms with Crippen molar-refractivity contribution in [3.8, 4) is 23.0 Å². The predicted octanol–water partition coefficient (Wildman–Crippen LogP) is 3.52. The predicted molar refractivity (Wildman–Crippen MR) is 121 cm³/mol.